The maximum absolute atomic E-state index is 11.0. The number of carboxylic acids is 1. The minimum atomic E-state index is -0.745. The largest absolute Gasteiger partial charge is 0.480 e. The van der Waals surface area contributed by atoms with Crippen molar-refractivity contribution >= 4 is 5.97 Å². The first-order valence-electron chi connectivity index (χ1n) is 6.33. The van der Waals surface area contributed by atoms with Crippen LogP contribution in [0.15, 0.2) is 0 Å². The number of aliphatic carboxylic acids is 1. The second-order valence-corrected chi connectivity index (χ2v) is 5.45. The third-order valence-corrected chi connectivity index (χ3v) is 2.82. The van der Waals surface area contributed by atoms with Crippen LogP contribution in [-0.2, 0) is 4.79 Å². The second kappa shape index (κ2) is 7.66. The third kappa shape index (κ3) is 6.83. The van der Waals surface area contributed by atoms with Crippen LogP contribution in [-0.4, -0.2) is 23.2 Å². The Kier molecular flexibility index (Phi) is 7.39. The molecule has 2 atom stereocenters. The molecule has 0 bridgehead atoms. The molecule has 0 aliphatic carbocycles. The Bertz CT molecular complexity index is 202. The lowest BCUT2D eigenvalue weighted by Gasteiger charge is -2.23. The monoisotopic (exact) mass is 229 g/mol. The van der Waals surface area contributed by atoms with Gasteiger partial charge in [0, 0.05) is 6.04 Å². The van der Waals surface area contributed by atoms with E-state index < -0.39 is 12.0 Å². The van der Waals surface area contributed by atoms with Gasteiger partial charge in [-0.15, -0.1) is 0 Å². The predicted octanol–water partition coefficient (Wildman–Crippen LogP) is 2.90. The van der Waals surface area contributed by atoms with Gasteiger partial charge in [-0.1, -0.05) is 40.5 Å². The van der Waals surface area contributed by atoms with E-state index in [9.17, 15) is 4.79 Å². The van der Waals surface area contributed by atoms with Crippen molar-refractivity contribution in [2.45, 2.75) is 66.0 Å². The highest BCUT2D eigenvalue weighted by atomic mass is 16.4. The third-order valence-electron chi connectivity index (χ3n) is 2.82. The number of carboxylic acid groups (broad SMARTS) is 1. The van der Waals surface area contributed by atoms with Gasteiger partial charge in [0.15, 0.2) is 0 Å². The molecule has 2 N–H and O–H groups in total. The molecule has 0 heterocycles. The first-order valence-corrected chi connectivity index (χ1v) is 6.33. The fraction of sp³-hybridized carbons (Fsp3) is 0.923. The van der Waals surface area contributed by atoms with Crippen LogP contribution in [0, 0.1) is 11.8 Å². The van der Waals surface area contributed by atoms with Crippen LogP contribution in [0.4, 0.5) is 0 Å². The van der Waals surface area contributed by atoms with Crippen LogP contribution in [0.3, 0.4) is 0 Å². The summed E-state index contributed by atoms with van der Waals surface area (Å²) in [6, 6.07) is -0.142. The van der Waals surface area contributed by atoms with Crippen molar-refractivity contribution in [1.82, 2.24) is 5.32 Å². The van der Waals surface area contributed by atoms with Gasteiger partial charge in [0.25, 0.3) is 0 Å². The molecule has 0 spiro atoms. The minimum absolute atomic E-state index is 0.130. The fourth-order valence-electron chi connectivity index (χ4n) is 1.77. The lowest BCUT2D eigenvalue weighted by Crippen LogP contribution is -2.45. The van der Waals surface area contributed by atoms with Crippen LogP contribution in [0.5, 0.6) is 0 Å². The lowest BCUT2D eigenvalue weighted by molar-refractivity contribution is -0.140. The highest BCUT2D eigenvalue weighted by Crippen LogP contribution is 2.10. The normalized spacial score (nSPS) is 15.4. The summed E-state index contributed by atoms with van der Waals surface area (Å²) in [4.78, 5) is 11.0. The van der Waals surface area contributed by atoms with E-state index in [0.717, 1.165) is 18.8 Å². The van der Waals surface area contributed by atoms with Crippen molar-refractivity contribution in [3.8, 4) is 0 Å². The zero-order chi connectivity index (χ0) is 12.7. The van der Waals surface area contributed by atoms with Crippen molar-refractivity contribution in [2.24, 2.45) is 11.8 Å². The van der Waals surface area contributed by atoms with E-state index in [1.165, 1.54) is 6.42 Å². The van der Waals surface area contributed by atoms with Crippen molar-refractivity contribution in [3.05, 3.63) is 0 Å². The Morgan fingerprint density at radius 3 is 2.06 bits per heavy atom. The van der Waals surface area contributed by atoms with E-state index in [0.29, 0.717) is 0 Å². The first kappa shape index (κ1) is 15.4. The topological polar surface area (TPSA) is 49.3 Å². The molecule has 3 heteroatoms. The number of nitrogens with one attached hydrogen (secondary N) is 1. The van der Waals surface area contributed by atoms with Crippen LogP contribution >= 0.6 is 0 Å². The van der Waals surface area contributed by atoms with Gasteiger partial charge in [0.2, 0.25) is 0 Å². The predicted molar refractivity (Wildman–Crippen MR) is 67.5 cm³/mol. The zero-order valence-corrected chi connectivity index (χ0v) is 11.3. The summed E-state index contributed by atoms with van der Waals surface area (Å²) in [7, 11) is 0. The molecule has 0 aromatic rings. The first-order chi connectivity index (χ1) is 7.34. The van der Waals surface area contributed by atoms with Gasteiger partial charge < -0.3 is 10.4 Å². The summed E-state index contributed by atoms with van der Waals surface area (Å²) in [5.74, 6) is 0.114. The van der Waals surface area contributed by atoms with E-state index in [1.54, 1.807) is 0 Å². The van der Waals surface area contributed by atoms with E-state index in [4.69, 9.17) is 5.11 Å². The van der Waals surface area contributed by atoms with Gasteiger partial charge >= 0.3 is 5.97 Å². The van der Waals surface area contributed by atoms with Crippen LogP contribution in [0.1, 0.15) is 53.9 Å². The van der Waals surface area contributed by atoms with Crippen molar-refractivity contribution < 1.29 is 9.90 Å². The summed E-state index contributed by atoms with van der Waals surface area (Å²) in [6.07, 6.45) is 3.43. The highest BCUT2D eigenvalue weighted by molar-refractivity contribution is 5.73. The quantitative estimate of drug-likeness (QED) is 0.673. The average molecular weight is 229 g/mol. The fourth-order valence-corrected chi connectivity index (χ4v) is 1.77. The number of hydrogen-bond acceptors (Lipinski definition) is 2. The molecule has 16 heavy (non-hydrogen) atoms. The molecule has 2 unspecified atom stereocenters. The van der Waals surface area contributed by atoms with Gasteiger partial charge in [-0.25, -0.2) is 0 Å². The summed E-state index contributed by atoms with van der Waals surface area (Å²) < 4.78 is 0. The Morgan fingerprint density at radius 2 is 1.69 bits per heavy atom. The van der Waals surface area contributed by atoms with Crippen LogP contribution < -0.4 is 5.32 Å². The average Bonchev–Trinajstić information content (AvgIpc) is 2.12. The minimum Gasteiger partial charge on any atom is -0.480 e. The Morgan fingerprint density at radius 1 is 1.12 bits per heavy atom. The highest BCUT2D eigenvalue weighted by Gasteiger charge is 2.22. The molecule has 0 aliphatic heterocycles. The molecule has 0 rings (SSSR count). The molecule has 0 aromatic carbocycles. The molecule has 0 aromatic heterocycles. The maximum Gasteiger partial charge on any atom is 0.320 e. The lowest BCUT2D eigenvalue weighted by atomic mass is 10.0. The maximum atomic E-state index is 11.0. The van der Waals surface area contributed by atoms with Gasteiger partial charge in [0.1, 0.15) is 6.04 Å². The summed E-state index contributed by atoms with van der Waals surface area (Å²) in [5.41, 5.74) is 0. The summed E-state index contributed by atoms with van der Waals surface area (Å²) >= 11 is 0. The van der Waals surface area contributed by atoms with E-state index >= 15 is 0 Å². The molecule has 0 aliphatic rings. The molecule has 0 fully saturated rings. The van der Waals surface area contributed by atoms with Crippen molar-refractivity contribution in [3.63, 3.8) is 0 Å². The molecule has 0 amide bonds. The smallest absolute Gasteiger partial charge is 0.320 e. The number of hydrogen-bond donors (Lipinski definition) is 2. The van der Waals surface area contributed by atoms with E-state index in [1.807, 2.05) is 13.8 Å². The molecule has 0 radical (unpaired) electrons. The standard InChI is InChI=1S/C13H27NO2/c1-9(2)7-6-8-11(5)14-12(10(3)4)13(15)16/h9-12,14H,6-8H2,1-5H3,(H,15,16). The van der Waals surface area contributed by atoms with Gasteiger partial charge in [-0.2, -0.15) is 0 Å². The van der Waals surface area contributed by atoms with Crippen LogP contribution in [0.25, 0.3) is 0 Å². The van der Waals surface area contributed by atoms with Crippen LogP contribution in [0.2, 0.25) is 0 Å². The molecular weight excluding hydrogens is 202 g/mol. The molecule has 3 nitrogen and oxygen atoms in total. The molecule has 0 saturated carbocycles. The van der Waals surface area contributed by atoms with Gasteiger partial charge in [-0.3, -0.25) is 4.79 Å². The summed E-state index contributed by atoms with van der Waals surface area (Å²) in [6.45, 7) is 10.4. The molecule has 0 saturated heterocycles. The van der Waals surface area contributed by atoms with Gasteiger partial charge in [-0.05, 0) is 25.2 Å². The summed E-state index contributed by atoms with van der Waals surface area (Å²) in [5, 5.41) is 12.2. The molecule has 96 valence electrons. The Labute approximate surface area is 99.6 Å². The van der Waals surface area contributed by atoms with Gasteiger partial charge in [0.05, 0.1) is 0 Å². The molecular formula is C13H27NO2. The Hall–Kier alpha value is -0.570. The van der Waals surface area contributed by atoms with Crippen molar-refractivity contribution in [1.29, 1.82) is 0 Å². The van der Waals surface area contributed by atoms with E-state index in [-0.39, 0.29) is 12.0 Å². The van der Waals surface area contributed by atoms with E-state index in [2.05, 4.69) is 26.1 Å². The number of carbonyl (C=O) groups is 1. The number of rotatable bonds is 8. The SMILES string of the molecule is CC(C)CCCC(C)NC(C(=O)O)C(C)C. The van der Waals surface area contributed by atoms with Crippen molar-refractivity contribution in [2.75, 3.05) is 0 Å². The Balaban J connectivity index is 3.91. The zero-order valence-electron chi connectivity index (χ0n) is 11.3. The second-order valence-electron chi connectivity index (χ2n) is 5.45.